The van der Waals surface area contributed by atoms with Crippen LogP contribution in [0.15, 0.2) is 64.5 Å². The van der Waals surface area contributed by atoms with Gasteiger partial charge in [0.1, 0.15) is 5.82 Å². The van der Waals surface area contributed by atoms with Crippen LogP contribution in [0, 0.1) is 0 Å². The van der Waals surface area contributed by atoms with E-state index in [-0.39, 0.29) is 23.4 Å². The van der Waals surface area contributed by atoms with Crippen molar-refractivity contribution in [3.05, 3.63) is 87.2 Å². The minimum Gasteiger partial charge on any atom is -0.312 e. The van der Waals surface area contributed by atoms with Gasteiger partial charge >= 0.3 is 6.18 Å². The molecule has 0 spiro atoms. The highest BCUT2D eigenvalue weighted by Gasteiger charge is 2.39. The number of hydrogen-bond donors (Lipinski definition) is 1. The zero-order valence-electron chi connectivity index (χ0n) is 16.4. The number of carbonyl (C=O) groups is 1. The van der Waals surface area contributed by atoms with Crippen LogP contribution in [-0.2, 0) is 23.8 Å². The molecule has 0 bridgehead atoms. The summed E-state index contributed by atoms with van der Waals surface area (Å²) in [6, 6.07) is 14.6. The molecule has 5 nitrogen and oxygen atoms in total. The molecule has 0 saturated heterocycles. The number of aromatic nitrogens is 2. The van der Waals surface area contributed by atoms with Gasteiger partial charge < -0.3 is 9.88 Å². The number of nitrogens with one attached hydrogen (secondary N) is 1. The third kappa shape index (κ3) is 4.23. The van der Waals surface area contributed by atoms with Crippen LogP contribution in [0.2, 0.25) is 0 Å². The Balaban J connectivity index is 1.78. The zero-order chi connectivity index (χ0) is 22.2. The van der Waals surface area contributed by atoms with E-state index in [4.69, 9.17) is 0 Å². The largest absolute Gasteiger partial charge is 0.416 e. The highest BCUT2D eigenvalue weighted by molar-refractivity contribution is 7.98. The van der Waals surface area contributed by atoms with Crippen LogP contribution in [0.4, 0.5) is 19.0 Å². The van der Waals surface area contributed by atoms with Crippen LogP contribution >= 0.6 is 11.8 Å². The lowest BCUT2D eigenvalue weighted by molar-refractivity contribution is -0.138. The van der Waals surface area contributed by atoms with E-state index in [2.05, 4.69) is 10.3 Å². The second kappa shape index (κ2) is 8.22. The summed E-state index contributed by atoms with van der Waals surface area (Å²) in [5.41, 5.74) is -0.492. The molecule has 9 heteroatoms. The predicted molar refractivity (Wildman–Crippen MR) is 112 cm³/mol. The van der Waals surface area contributed by atoms with E-state index in [0.717, 1.165) is 11.6 Å². The van der Waals surface area contributed by atoms with Gasteiger partial charge in [0, 0.05) is 25.1 Å². The van der Waals surface area contributed by atoms with Gasteiger partial charge in [-0.25, -0.2) is 0 Å². The molecule has 0 saturated carbocycles. The summed E-state index contributed by atoms with van der Waals surface area (Å²) in [6.07, 6.45) is -4.86. The Morgan fingerprint density at radius 1 is 1.10 bits per heavy atom. The molecule has 3 aromatic rings. The van der Waals surface area contributed by atoms with E-state index in [1.165, 1.54) is 30.0 Å². The monoisotopic (exact) mass is 445 g/mol. The summed E-state index contributed by atoms with van der Waals surface area (Å²) in [7, 11) is 1.64. The first-order valence-electron chi connectivity index (χ1n) is 9.49. The first kappa shape index (κ1) is 21.2. The number of amides is 1. The fourth-order valence-corrected chi connectivity index (χ4v) is 4.63. The number of rotatable bonds is 4. The lowest BCUT2D eigenvalue weighted by Gasteiger charge is -2.29. The van der Waals surface area contributed by atoms with Crippen molar-refractivity contribution in [2.45, 2.75) is 29.4 Å². The minimum atomic E-state index is -4.60. The third-order valence-electron chi connectivity index (χ3n) is 5.15. The van der Waals surface area contributed by atoms with E-state index < -0.39 is 29.1 Å². The molecule has 1 aliphatic rings. The highest BCUT2D eigenvalue weighted by Crippen LogP contribution is 2.41. The van der Waals surface area contributed by atoms with Gasteiger partial charge in [0.2, 0.25) is 5.91 Å². The molecule has 160 valence electrons. The maximum Gasteiger partial charge on any atom is 0.416 e. The van der Waals surface area contributed by atoms with Crippen molar-refractivity contribution >= 4 is 23.5 Å². The number of thioether (sulfide) groups is 1. The molecule has 1 aliphatic heterocycles. The number of alkyl halides is 3. The highest BCUT2D eigenvalue weighted by atomic mass is 32.2. The fraction of sp³-hybridized carbons (Fsp3) is 0.227. The van der Waals surface area contributed by atoms with Gasteiger partial charge in [-0.15, -0.1) is 0 Å². The molecule has 1 atom stereocenters. The van der Waals surface area contributed by atoms with Gasteiger partial charge in [0.05, 0.1) is 11.1 Å². The van der Waals surface area contributed by atoms with Crippen molar-refractivity contribution in [3.63, 3.8) is 0 Å². The minimum absolute atomic E-state index is 0.0721. The maximum absolute atomic E-state index is 13.6. The van der Waals surface area contributed by atoms with Crippen LogP contribution in [0.3, 0.4) is 0 Å². The number of carbonyl (C=O) groups excluding carboxylic acids is 1. The molecule has 0 radical (unpaired) electrons. The van der Waals surface area contributed by atoms with Crippen molar-refractivity contribution in [1.29, 1.82) is 0 Å². The summed E-state index contributed by atoms with van der Waals surface area (Å²) in [4.78, 5) is 29.5. The Morgan fingerprint density at radius 2 is 1.77 bits per heavy atom. The Morgan fingerprint density at radius 3 is 2.48 bits per heavy atom. The first-order valence-corrected chi connectivity index (χ1v) is 10.5. The SMILES string of the molecule is Cn1c(SCc2ccccc2)nc(=O)c2c1NC(=O)CC2c1ccccc1C(F)(F)F. The van der Waals surface area contributed by atoms with Crippen molar-refractivity contribution in [2.24, 2.45) is 7.05 Å². The van der Waals surface area contributed by atoms with Crippen LogP contribution in [0.25, 0.3) is 0 Å². The quantitative estimate of drug-likeness (QED) is 0.472. The van der Waals surface area contributed by atoms with Crippen LogP contribution < -0.4 is 10.9 Å². The van der Waals surface area contributed by atoms with Gasteiger partial charge in [-0.1, -0.05) is 60.3 Å². The van der Waals surface area contributed by atoms with E-state index >= 15 is 0 Å². The van der Waals surface area contributed by atoms with E-state index in [1.807, 2.05) is 30.3 Å². The molecule has 1 amide bonds. The van der Waals surface area contributed by atoms with Gasteiger partial charge in [0.25, 0.3) is 5.56 Å². The van der Waals surface area contributed by atoms with Gasteiger partial charge in [-0.3, -0.25) is 9.59 Å². The maximum atomic E-state index is 13.6. The second-order valence-corrected chi connectivity index (χ2v) is 8.13. The molecule has 2 aromatic carbocycles. The van der Waals surface area contributed by atoms with Crippen LogP contribution in [-0.4, -0.2) is 15.5 Å². The molecule has 1 N–H and O–H groups in total. The van der Waals surface area contributed by atoms with E-state index in [1.54, 1.807) is 11.6 Å². The van der Waals surface area contributed by atoms with Crippen molar-refractivity contribution in [3.8, 4) is 0 Å². The Hall–Kier alpha value is -3.07. The first-order chi connectivity index (χ1) is 14.8. The van der Waals surface area contributed by atoms with E-state index in [9.17, 15) is 22.8 Å². The standard InChI is InChI=1S/C22H18F3N3O2S/c1-28-19-18(20(30)27-21(28)31-12-13-7-3-2-4-8-13)15(11-17(29)26-19)14-9-5-6-10-16(14)22(23,24)25/h2-10,15H,11-12H2,1H3,(H,26,29). The van der Waals surface area contributed by atoms with Crippen molar-refractivity contribution < 1.29 is 18.0 Å². The Bertz CT molecular complexity index is 1190. The van der Waals surface area contributed by atoms with Gasteiger partial charge in [-0.2, -0.15) is 18.2 Å². The topological polar surface area (TPSA) is 64.0 Å². The van der Waals surface area contributed by atoms with E-state index in [0.29, 0.717) is 10.9 Å². The Kier molecular flexibility index (Phi) is 5.62. The summed E-state index contributed by atoms with van der Waals surface area (Å²) < 4.78 is 42.3. The number of nitrogens with zero attached hydrogens (tertiary/aromatic N) is 2. The van der Waals surface area contributed by atoms with Crippen LogP contribution in [0.5, 0.6) is 0 Å². The molecular weight excluding hydrogens is 427 g/mol. The van der Waals surface area contributed by atoms with Gasteiger partial charge in [0.15, 0.2) is 5.16 Å². The number of hydrogen-bond acceptors (Lipinski definition) is 4. The molecule has 2 heterocycles. The average Bonchev–Trinajstić information content (AvgIpc) is 2.74. The van der Waals surface area contributed by atoms with Gasteiger partial charge in [-0.05, 0) is 17.2 Å². The zero-order valence-corrected chi connectivity index (χ0v) is 17.3. The molecule has 0 aliphatic carbocycles. The number of anilines is 1. The smallest absolute Gasteiger partial charge is 0.312 e. The second-order valence-electron chi connectivity index (χ2n) is 7.18. The normalized spacial score (nSPS) is 16.0. The number of halogens is 3. The van der Waals surface area contributed by atoms with Crippen molar-refractivity contribution in [1.82, 2.24) is 9.55 Å². The molecule has 0 fully saturated rings. The number of fused-ring (bicyclic) bond motifs is 1. The lowest BCUT2D eigenvalue weighted by Crippen LogP contribution is -2.34. The van der Waals surface area contributed by atoms with Crippen LogP contribution in [0.1, 0.15) is 34.6 Å². The predicted octanol–water partition coefficient (Wildman–Crippen LogP) is 4.57. The molecule has 4 rings (SSSR count). The summed E-state index contributed by atoms with van der Waals surface area (Å²) in [5, 5.41) is 3.03. The molecule has 31 heavy (non-hydrogen) atoms. The summed E-state index contributed by atoms with van der Waals surface area (Å²) in [6.45, 7) is 0. The average molecular weight is 445 g/mol. The lowest BCUT2D eigenvalue weighted by atomic mass is 9.84. The molecular formula is C22H18F3N3O2S. The third-order valence-corrected chi connectivity index (χ3v) is 6.25. The fourth-order valence-electron chi connectivity index (χ4n) is 3.71. The number of benzene rings is 2. The molecule has 1 aromatic heterocycles. The Labute approximate surface area is 180 Å². The van der Waals surface area contributed by atoms with Crippen molar-refractivity contribution in [2.75, 3.05) is 5.32 Å². The summed E-state index contributed by atoms with van der Waals surface area (Å²) >= 11 is 1.31. The summed E-state index contributed by atoms with van der Waals surface area (Å²) in [5.74, 6) is -0.738. The molecule has 1 unspecified atom stereocenters.